The van der Waals surface area contributed by atoms with E-state index in [0.717, 1.165) is 19.3 Å². The average Bonchev–Trinajstić information content (AvgIpc) is 3.51. The van der Waals surface area contributed by atoms with Crippen molar-refractivity contribution < 1.29 is 0 Å². The van der Waals surface area contributed by atoms with Crippen LogP contribution in [-0.4, -0.2) is 6.04 Å². The predicted molar refractivity (Wildman–Crippen MR) is 212 cm³/mol. The zero-order valence-corrected chi connectivity index (χ0v) is 28.6. The molecule has 4 aromatic rings. The number of rotatable bonds is 5. The van der Waals surface area contributed by atoms with Gasteiger partial charge in [-0.25, -0.2) is 0 Å². The number of hydrogen-bond acceptors (Lipinski definition) is 2. The molecule has 0 N–H and O–H groups in total. The van der Waals surface area contributed by atoms with E-state index in [0.29, 0.717) is 17.8 Å². The first-order valence-corrected chi connectivity index (χ1v) is 18.2. The predicted octanol–water partition coefficient (Wildman–Crippen LogP) is 12.3. The zero-order valence-electron chi connectivity index (χ0n) is 28.6. The smallest absolute Gasteiger partial charge is 0.0626 e. The summed E-state index contributed by atoms with van der Waals surface area (Å²) in [4.78, 5) is 4.97. The number of allylic oxidation sites excluding steroid dienone is 11. The van der Waals surface area contributed by atoms with Crippen LogP contribution >= 0.6 is 0 Å². The Labute approximate surface area is 296 Å². The summed E-state index contributed by atoms with van der Waals surface area (Å²) >= 11 is 0. The van der Waals surface area contributed by atoms with Crippen molar-refractivity contribution in [1.29, 1.82) is 0 Å². The molecule has 9 rings (SSSR count). The number of hydrogen-bond donors (Lipinski definition) is 0. The molecule has 3 aliphatic carbocycles. The van der Waals surface area contributed by atoms with Gasteiger partial charge in [-0.3, -0.25) is 0 Å². The Hall–Kier alpha value is -5.60. The van der Waals surface area contributed by atoms with Crippen LogP contribution in [0.3, 0.4) is 0 Å². The molecule has 0 fully saturated rings. The van der Waals surface area contributed by atoms with Crippen LogP contribution in [0, 0.1) is 5.92 Å². The van der Waals surface area contributed by atoms with E-state index in [4.69, 9.17) is 0 Å². The highest BCUT2D eigenvalue weighted by Crippen LogP contribution is 2.48. The SMILES string of the molecule is CC1/C=C\C=C/N(c2cccc(C3C=CC=CC3)c2)c2cc(C3=CC4C5=C(C=CCC5)N(c5cccc(-c6ccccc6)c5)C4C=C3)ccc21. The fourth-order valence-corrected chi connectivity index (χ4v) is 8.42. The standard InChI is InChI=1S/C48H42N2/c1-34-14-10-11-29-49(41-21-12-19-37(30-41)35-15-4-2-5-16-35)48-33-40(25-27-43(34)48)39-26-28-47-45(32-39)44-23-8-9-24-46(44)50(47)42-22-13-20-38(31-42)36-17-6-3-7-18-36/h2-7,9-15,17-22,24-35,45,47H,8,16,23H2,1H3/b14-10-,29-11-. The molecule has 2 aliphatic heterocycles. The third-order valence-corrected chi connectivity index (χ3v) is 11.0. The Morgan fingerprint density at radius 1 is 0.660 bits per heavy atom. The lowest BCUT2D eigenvalue weighted by molar-refractivity contribution is 0.660. The van der Waals surface area contributed by atoms with Crippen LogP contribution in [0.2, 0.25) is 0 Å². The maximum Gasteiger partial charge on any atom is 0.0626 e. The molecule has 4 unspecified atom stereocenters. The molecular weight excluding hydrogens is 605 g/mol. The summed E-state index contributed by atoms with van der Waals surface area (Å²) < 4.78 is 0. The summed E-state index contributed by atoms with van der Waals surface area (Å²) in [5.41, 5.74) is 14.4. The van der Waals surface area contributed by atoms with Crippen molar-refractivity contribution in [2.24, 2.45) is 5.92 Å². The van der Waals surface area contributed by atoms with Gasteiger partial charge < -0.3 is 9.80 Å². The van der Waals surface area contributed by atoms with Crippen LogP contribution in [-0.2, 0) is 0 Å². The molecule has 0 aromatic heterocycles. The van der Waals surface area contributed by atoms with E-state index in [9.17, 15) is 0 Å². The molecule has 4 atom stereocenters. The second kappa shape index (κ2) is 13.0. The fourth-order valence-electron chi connectivity index (χ4n) is 8.42. The second-order valence-corrected chi connectivity index (χ2v) is 14.0. The summed E-state index contributed by atoms with van der Waals surface area (Å²) in [6, 6.07) is 36.3. The minimum atomic E-state index is 0.262. The van der Waals surface area contributed by atoms with Crippen LogP contribution in [0.5, 0.6) is 0 Å². The number of benzene rings is 4. The summed E-state index contributed by atoms with van der Waals surface area (Å²) in [5.74, 6) is 1.05. The lowest BCUT2D eigenvalue weighted by atomic mass is 9.82. The largest absolute Gasteiger partial charge is 0.334 e. The van der Waals surface area contributed by atoms with Crippen LogP contribution < -0.4 is 9.80 Å². The second-order valence-electron chi connectivity index (χ2n) is 14.0. The molecule has 0 spiro atoms. The number of nitrogens with zero attached hydrogens (tertiary/aromatic N) is 2. The van der Waals surface area contributed by atoms with E-state index in [-0.39, 0.29) is 6.04 Å². The molecule has 50 heavy (non-hydrogen) atoms. The van der Waals surface area contributed by atoms with Gasteiger partial charge in [-0.05, 0) is 101 Å². The number of anilines is 3. The zero-order chi connectivity index (χ0) is 33.4. The van der Waals surface area contributed by atoms with Crippen LogP contribution in [0.4, 0.5) is 17.1 Å². The minimum Gasteiger partial charge on any atom is -0.334 e. The average molecular weight is 647 g/mol. The third kappa shape index (κ3) is 5.55. The summed E-state index contributed by atoms with van der Waals surface area (Å²) in [5, 5.41) is 0. The van der Waals surface area contributed by atoms with Gasteiger partial charge in [0.05, 0.1) is 6.04 Å². The Morgan fingerprint density at radius 2 is 1.52 bits per heavy atom. The fraction of sp³-hybridized carbons (Fsp3) is 0.167. The Kier molecular flexibility index (Phi) is 7.93. The van der Waals surface area contributed by atoms with Gasteiger partial charge in [0, 0.05) is 46.7 Å². The monoisotopic (exact) mass is 646 g/mol. The normalized spacial score (nSPS) is 24.6. The van der Waals surface area contributed by atoms with Gasteiger partial charge in [0.2, 0.25) is 0 Å². The molecule has 0 saturated carbocycles. The molecule has 0 amide bonds. The van der Waals surface area contributed by atoms with E-state index in [2.05, 4.69) is 193 Å². The van der Waals surface area contributed by atoms with Crippen LogP contribution in [0.1, 0.15) is 54.7 Å². The van der Waals surface area contributed by atoms with Crippen molar-refractivity contribution in [1.82, 2.24) is 0 Å². The molecule has 4 aromatic carbocycles. The lowest BCUT2D eigenvalue weighted by Gasteiger charge is -2.32. The van der Waals surface area contributed by atoms with Crippen molar-refractivity contribution in [2.45, 2.75) is 44.1 Å². The molecular formula is C48H42N2. The Balaban J connectivity index is 1.08. The third-order valence-electron chi connectivity index (χ3n) is 11.0. The van der Waals surface area contributed by atoms with E-state index < -0.39 is 0 Å². The summed E-state index contributed by atoms with van der Waals surface area (Å²) in [6.07, 6.45) is 33.2. The maximum absolute atomic E-state index is 2.58. The highest BCUT2D eigenvalue weighted by molar-refractivity contribution is 5.83. The molecule has 244 valence electrons. The van der Waals surface area contributed by atoms with Crippen molar-refractivity contribution in [3.8, 4) is 11.1 Å². The first-order valence-electron chi connectivity index (χ1n) is 18.2. The van der Waals surface area contributed by atoms with Crippen molar-refractivity contribution >= 4 is 22.6 Å². The quantitative estimate of drug-likeness (QED) is 0.213. The Morgan fingerprint density at radius 3 is 2.42 bits per heavy atom. The van der Waals surface area contributed by atoms with Gasteiger partial charge in [0.25, 0.3) is 0 Å². The Bertz CT molecular complexity index is 2190. The number of fused-ring (bicyclic) bond motifs is 3. The first kappa shape index (κ1) is 30.5. The molecule has 0 radical (unpaired) electrons. The molecule has 2 heteroatoms. The van der Waals surface area contributed by atoms with Crippen molar-refractivity contribution in [3.63, 3.8) is 0 Å². The van der Waals surface area contributed by atoms with E-state index >= 15 is 0 Å². The lowest BCUT2D eigenvalue weighted by Crippen LogP contribution is -2.32. The van der Waals surface area contributed by atoms with Gasteiger partial charge in [-0.2, -0.15) is 0 Å². The maximum atomic E-state index is 2.58. The van der Waals surface area contributed by atoms with Crippen LogP contribution in [0.25, 0.3) is 16.7 Å². The topological polar surface area (TPSA) is 6.48 Å². The summed E-state index contributed by atoms with van der Waals surface area (Å²) in [7, 11) is 0. The molecule has 2 heterocycles. The summed E-state index contributed by atoms with van der Waals surface area (Å²) in [6.45, 7) is 2.30. The molecule has 2 nitrogen and oxygen atoms in total. The van der Waals surface area contributed by atoms with Crippen molar-refractivity contribution in [2.75, 3.05) is 9.80 Å². The van der Waals surface area contributed by atoms with Gasteiger partial charge in [0.1, 0.15) is 0 Å². The highest BCUT2D eigenvalue weighted by atomic mass is 15.2. The van der Waals surface area contributed by atoms with Crippen molar-refractivity contribution in [3.05, 3.63) is 204 Å². The van der Waals surface area contributed by atoms with E-state index in [1.165, 1.54) is 56.1 Å². The van der Waals surface area contributed by atoms with Gasteiger partial charge in [0.15, 0.2) is 0 Å². The van der Waals surface area contributed by atoms with E-state index in [1.807, 2.05) is 0 Å². The first-order chi connectivity index (χ1) is 24.7. The van der Waals surface area contributed by atoms with E-state index in [1.54, 1.807) is 5.57 Å². The molecule has 0 saturated heterocycles. The minimum absolute atomic E-state index is 0.262. The molecule has 5 aliphatic rings. The molecule has 0 bridgehead atoms. The van der Waals surface area contributed by atoms with Gasteiger partial charge in [-0.15, -0.1) is 0 Å². The van der Waals surface area contributed by atoms with Gasteiger partial charge >= 0.3 is 0 Å². The van der Waals surface area contributed by atoms with Gasteiger partial charge in [-0.1, -0.05) is 134 Å². The van der Waals surface area contributed by atoms with Crippen LogP contribution in [0.15, 0.2) is 187 Å². The highest BCUT2D eigenvalue weighted by Gasteiger charge is 2.40.